The van der Waals surface area contributed by atoms with Crippen molar-refractivity contribution in [1.82, 2.24) is 9.71 Å². The van der Waals surface area contributed by atoms with Crippen LogP contribution in [0.1, 0.15) is 10.4 Å². The van der Waals surface area contributed by atoms with E-state index in [9.17, 15) is 4.79 Å². The standard InChI is InChI=1S/C30H24ClN3O2/c1-33(2)24-19-17-23(18-20-24)30(35)36-34-28(22-13-7-4-8-14-22)27(21-11-5-3-6-12-21)32-29(34)25-15-9-10-16-26(25)31/h3-20H,1-2H3. The van der Waals surface area contributed by atoms with Gasteiger partial charge in [-0.25, -0.2) is 9.78 Å². The number of carbonyl (C=O) groups is 1. The van der Waals surface area contributed by atoms with Crippen molar-refractivity contribution in [2.24, 2.45) is 0 Å². The minimum Gasteiger partial charge on any atom is -0.378 e. The monoisotopic (exact) mass is 493 g/mol. The molecule has 0 atom stereocenters. The Balaban J connectivity index is 1.71. The third kappa shape index (κ3) is 4.61. The molecule has 5 rings (SSSR count). The fraction of sp³-hybridized carbons (Fsp3) is 0.0667. The molecule has 0 unspecified atom stereocenters. The molecule has 1 heterocycles. The maximum Gasteiger partial charge on any atom is 0.363 e. The Morgan fingerprint density at radius 2 is 1.36 bits per heavy atom. The average molecular weight is 494 g/mol. The third-order valence-electron chi connectivity index (χ3n) is 5.84. The summed E-state index contributed by atoms with van der Waals surface area (Å²) in [6.45, 7) is 0. The molecule has 5 nitrogen and oxygen atoms in total. The van der Waals surface area contributed by atoms with Gasteiger partial charge in [-0.2, -0.15) is 4.73 Å². The lowest BCUT2D eigenvalue weighted by Crippen LogP contribution is -2.22. The highest BCUT2D eigenvalue weighted by Crippen LogP contribution is 2.37. The van der Waals surface area contributed by atoms with E-state index in [-0.39, 0.29) is 0 Å². The molecular weight excluding hydrogens is 470 g/mol. The maximum atomic E-state index is 13.4. The molecule has 5 aromatic rings. The summed E-state index contributed by atoms with van der Waals surface area (Å²) in [6.07, 6.45) is 0. The van der Waals surface area contributed by atoms with Gasteiger partial charge >= 0.3 is 5.97 Å². The lowest BCUT2D eigenvalue weighted by atomic mass is 10.1. The van der Waals surface area contributed by atoms with Crippen molar-refractivity contribution in [3.63, 3.8) is 0 Å². The highest BCUT2D eigenvalue weighted by molar-refractivity contribution is 6.33. The molecule has 0 saturated carbocycles. The van der Waals surface area contributed by atoms with Crippen LogP contribution in [-0.2, 0) is 0 Å². The number of anilines is 1. The summed E-state index contributed by atoms with van der Waals surface area (Å²) in [7, 11) is 3.90. The van der Waals surface area contributed by atoms with E-state index in [1.807, 2.05) is 110 Å². The highest BCUT2D eigenvalue weighted by Gasteiger charge is 2.25. The van der Waals surface area contributed by atoms with Crippen LogP contribution in [-0.4, -0.2) is 29.8 Å². The van der Waals surface area contributed by atoms with Gasteiger partial charge in [0.1, 0.15) is 11.4 Å². The first-order valence-corrected chi connectivity index (χ1v) is 11.9. The predicted molar refractivity (Wildman–Crippen MR) is 145 cm³/mol. The second-order valence-corrected chi connectivity index (χ2v) is 8.87. The van der Waals surface area contributed by atoms with E-state index in [1.165, 1.54) is 4.73 Å². The molecule has 0 bridgehead atoms. The lowest BCUT2D eigenvalue weighted by Gasteiger charge is -2.15. The summed E-state index contributed by atoms with van der Waals surface area (Å²) >= 11 is 6.59. The zero-order chi connectivity index (χ0) is 25.1. The molecule has 0 aliphatic heterocycles. The normalized spacial score (nSPS) is 10.8. The number of hydrogen-bond donors (Lipinski definition) is 0. The van der Waals surface area contributed by atoms with Crippen molar-refractivity contribution >= 4 is 23.3 Å². The fourth-order valence-electron chi connectivity index (χ4n) is 3.99. The van der Waals surface area contributed by atoms with Crippen molar-refractivity contribution in [3.8, 4) is 33.9 Å². The zero-order valence-electron chi connectivity index (χ0n) is 19.9. The second kappa shape index (κ2) is 10.1. The zero-order valence-corrected chi connectivity index (χ0v) is 20.7. The topological polar surface area (TPSA) is 47.4 Å². The lowest BCUT2D eigenvalue weighted by molar-refractivity contribution is 0.0476. The van der Waals surface area contributed by atoms with Gasteiger partial charge in [0.2, 0.25) is 0 Å². The predicted octanol–water partition coefficient (Wildman–Crippen LogP) is 6.87. The van der Waals surface area contributed by atoms with Gasteiger partial charge in [0, 0.05) is 36.5 Å². The van der Waals surface area contributed by atoms with Crippen LogP contribution < -0.4 is 9.74 Å². The van der Waals surface area contributed by atoms with Crippen molar-refractivity contribution in [2.75, 3.05) is 19.0 Å². The van der Waals surface area contributed by atoms with E-state index in [1.54, 1.807) is 18.2 Å². The van der Waals surface area contributed by atoms with Gasteiger partial charge < -0.3 is 9.74 Å². The van der Waals surface area contributed by atoms with Crippen LogP contribution in [0.4, 0.5) is 5.69 Å². The summed E-state index contributed by atoms with van der Waals surface area (Å²) in [4.78, 5) is 26.4. The molecule has 0 spiro atoms. The minimum atomic E-state index is -0.497. The SMILES string of the molecule is CN(C)c1ccc(C(=O)On2c(-c3ccccc3Cl)nc(-c3ccccc3)c2-c2ccccc2)cc1. The summed E-state index contributed by atoms with van der Waals surface area (Å²) in [5.41, 5.74) is 5.19. The van der Waals surface area contributed by atoms with Gasteiger partial charge in [0.25, 0.3) is 0 Å². The number of halogens is 1. The second-order valence-electron chi connectivity index (χ2n) is 8.46. The molecule has 0 aliphatic carbocycles. The Hall–Kier alpha value is -4.35. The van der Waals surface area contributed by atoms with Crippen LogP contribution in [0.15, 0.2) is 109 Å². The summed E-state index contributed by atoms with van der Waals surface area (Å²) in [5.74, 6) is -0.0561. The van der Waals surface area contributed by atoms with E-state index >= 15 is 0 Å². The van der Waals surface area contributed by atoms with Gasteiger partial charge in [-0.3, -0.25) is 0 Å². The van der Waals surface area contributed by atoms with Gasteiger partial charge in [-0.1, -0.05) is 84.4 Å². The number of carbonyl (C=O) groups excluding carboxylic acids is 1. The van der Waals surface area contributed by atoms with E-state index in [0.717, 1.165) is 16.8 Å². The number of hydrogen-bond acceptors (Lipinski definition) is 4. The van der Waals surface area contributed by atoms with Crippen molar-refractivity contribution in [2.45, 2.75) is 0 Å². The molecule has 0 saturated heterocycles. The maximum absolute atomic E-state index is 13.4. The molecule has 6 heteroatoms. The van der Waals surface area contributed by atoms with Crippen LogP contribution in [0, 0.1) is 0 Å². The van der Waals surface area contributed by atoms with Crippen molar-refractivity contribution < 1.29 is 9.63 Å². The Morgan fingerprint density at radius 3 is 1.97 bits per heavy atom. The first kappa shape index (κ1) is 23.4. The molecule has 36 heavy (non-hydrogen) atoms. The fourth-order valence-corrected chi connectivity index (χ4v) is 4.21. The number of rotatable bonds is 6. The largest absolute Gasteiger partial charge is 0.378 e. The van der Waals surface area contributed by atoms with Gasteiger partial charge in [0.15, 0.2) is 5.82 Å². The minimum absolute atomic E-state index is 0.430. The van der Waals surface area contributed by atoms with Gasteiger partial charge in [-0.15, -0.1) is 0 Å². The molecule has 0 amide bonds. The van der Waals surface area contributed by atoms with Gasteiger partial charge in [-0.05, 0) is 36.4 Å². The van der Waals surface area contributed by atoms with Crippen LogP contribution >= 0.6 is 11.6 Å². The first-order valence-electron chi connectivity index (χ1n) is 11.5. The average Bonchev–Trinajstić information content (AvgIpc) is 3.28. The quantitative estimate of drug-likeness (QED) is 0.259. The Morgan fingerprint density at radius 1 is 0.778 bits per heavy atom. The molecule has 4 aromatic carbocycles. The van der Waals surface area contributed by atoms with E-state index in [0.29, 0.717) is 33.4 Å². The van der Waals surface area contributed by atoms with Crippen LogP contribution in [0.3, 0.4) is 0 Å². The Kier molecular flexibility index (Phi) is 6.56. The number of aromatic nitrogens is 2. The molecule has 0 N–H and O–H groups in total. The van der Waals surface area contributed by atoms with Crippen LogP contribution in [0.2, 0.25) is 5.02 Å². The number of imidazole rings is 1. The Bertz CT molecular complexity index is 1500. The third-order valence-corrected chi connectivity index (χ3v) is 6.17. The Labute approximate surface area is 215 Å². The molecular formula is C30H24ClN3O2. The summed E-state index contributed by atoms with van der Waals surface area (Å²) in [6, 6.07) is 34.3. The summed E-state index contributed by atoms with van der Waals surface area (Å²) in [5, 5.41) is 0.509. The van der Waals surface area contributed by atoms with E-state index in [2.05, 4.69) is 0 Å². The molecule has 0 fully saturated rings. The highest BCUT2D eigenvalue weighted by atomic mass is 35.5. The van der Waals surface area contributed by atoms with Crippen LogP contribution in [0.25, 0.3) is 33.9 Å². The summed E-state index contributed by atoms with van der Waals surface area (Å²) < 4.78 is 1.50. The molecule has 0 radical (unpaired) electrons. The van der Waals surface area contributed by atoms with Crippen molar-refractivity contribution in [1.29, 1.82) is 0 Å². The smallest absolute Gasteiger partial charge is 0.363 e. The number of benzene rings is 4. The van der Waals surface area contributed by atoms with Gasteiger partial charge in [0.05, 0.1) is 10.6 Å². The molecule has 0 aliphatic rings. The number of nitrogens with zero attached hydrogens (tertiary/aromatic N) is 3. The van der Waals surface area contributed by atoms with E-state index in [4.69, 9.17) is 21.4 Å². The van der Waals surface area contributed by atoms with Crippen LogP contribution in [0.5, 0.6) is 0 Å². The molecule has 178 valence electrons. The molecule has 1 aromatic heterocycles. The van der Waals surface area contributed by atoms with E-state index < -0.39 is 5.97 Å². The van der Waals surface area contributed by atoms with Crippen molar-refractivity contribution in [3.05, 3.63) is 120 Å². The first-order chi connectivity index (χ1) is 17.5.